The highest BCUT2D eigenvalue weighted by Gasteiger charge is 2.30. The maximum atomic E-state index is 11.8. The van der Waals surface area contributed by atoms with Crippen molar-refractivity contribution in [1.29, 1.82) is 0 Å². The molecular weight excluding hydrogens is 252 g/mol. The Morgan fingerprint density at radius 1 is 1.40 bits per heavy atom. The zero-order chi connectivity index (χ0) is 15.2. The third-order valence-electron chi connectivity index (χ3n) is 3.52. The molecule has 1 aliphatic rings. The van der Waals surface area contributed by atoms with Gasteiger partial charge >= 0.3 is 6.09 Å². The topological polar surface area (TPSA) is 50.4 Å². The molecule has 0 heterocycles. The number of rotatable bonds is 6. The Morgan fingerprint density at radius 3 is 2.65 bits per heavy atom. The van der Waals surface area contributed by atoms with E-state index in [9.17, 15) is 4.79 Å². The van der Waals surface area contributed by atoms with Gasteiger partial charge in [-0.2, -0.15) is 0 Å². The Kier molecular flexibility index (Phi) is 6.53. The number of ether oxygens (including phenoxy) is 1. The molecule has 1 fully saturated rings. The molecule has 0 aromatic carbocycles. The molecule has 1 amide bonds. The number of carbonyl (C=O) groups excluding carboxylic acids is 1. The van der Waals surface area contributed by atoms with E-state index in [1.165, 1.54) is 0 Å². The van der Waals surface area contributed by atoms with Gasteiger partial charge in [0.05, 0.1) is 0 Å². The van der Waals surface area contributed by atoms with Crippen molar-refractivity contribution in [2.75, 3.05) is 0 Å². The zero-order valence-electron chi connectivity index (χ0n) is 13.4. The zero-order valence-corrected chi connectivity index (χ0v) is 13.4. The minimum atomic E-state index is -0.442. The third kappa shape index (κ3) is 6.42. The summed E-state index contributed by atoms with van der Waals surface area (Å²) >= 11 is 0. The minimum Gasteiger partial charge on any atom is -0.444 e. The van der Waals surface area contributed by atoms with Crippen molar-refractivity contribution in [3.63, 3.8) is 0 Å². The van der Waals surface area contributed by atoms with Crippen molar-refractivity contribution in [3.05, 3.63) is 12.7 Å². The van der Waals surface area contributed by atoms with E-state index in [4.69, 9.17) is 4.74 Å². The summed E-state index contributed by atoms with van der Waals surface area (Å²) < 4.78 is 5.33. The van der Waals surface area contributed by atoms with Gasteiger partial charge in [0.2, 0.25) is 0 Å². The van der Waals surface area contributed by atoms with Gasteiger partial charge in [-0.1, -0.05) is 6.08 Å². The van der Waals surface area contributed by atoms with Crippen LogP contribution >= 0.6 is 0 Å². The molecule has 0 aromatic rings. The first-order valence-electron chi connectivity index (χ1n) is 7.68. The number of allylic oxidation sites excluding steroid dienone is 1. The molecule has 1 rings (SSSR count). The summed E-state index contributed by atoms with van der Waals surface area (Å²) in [5, 5.41) is 6.62. The predicted molar refractivity (Wildman–Crippen MR) is 82.8 cm³/mol. The lowest BCUT2D eigenvalue weighted by molar-refractivity contribution is 0.0497. The molecule has 0 bridgehead atoms. The average Bonchev–Trinajstić information content (AvgIpc) is 2.71. The number of nitrogens with one attached hydrogen (secondary N) is 2. The van der Waals surface area contributed by atoms with E-state index in [0.29, 0.717) is 12.1 Å². The lowest BCUT2D eigenvalue weighted by atomic mass is 10.1. The van der Waals surface area contributed by atoms with Gasteiger partial charge in [-0.05, 0) is 59.8 Å². The van der Waals surface area contributed by atoms with E-state index in [1.54, 1.807) is 0 Å². The second kappa shape index (κ2) is 7.67. The number of carbonyl (C=O) groups is 1. The van der Waals surface area contributed by atoms with E-state index in [1.807, 2.05) is 26.8 Å². The smallest absolute Gasteiger partial charge is 0.407 e. The van der Waals surface area contributed by atoms with Crippen LogP contribution in [-0.4, -0.2) is 29.8 Å². The molecule has 4 nitrogen and oxygen atoms in total. The molecular formula is C16H30N2O2. The van der Waals surface area contributed by atoms with Gasteiger partial charge < -0.3 is 15.4 Å². The molecule has 4 heteroatoms. The Hall–Kier alpha value is -1.03. The summed E-state index contributed by atoms with van der Waals surface area (Å²) in [5.74, 6) is 0. The summed E-state index contributed by atoms with van der Waals surface area (Å²) in [7, 11) is 0. The van der Waals surface area contributed by atoms with Crippen molar-refractivity contribution < 1.29 is 9.53 Å². The van der Waals surface area contributed by atoms with Crippen molar-refractivity contribution in [2.45, 2.75) is 83.5 Å². The molecule has 3 atom stereocenters. The van der Waals surface area contributed by atoms with E-state index in [0.717, 1.165) is 32.1 Å². The van der Waals surface area contributed by atoms with Gasteiger partial charge in [0.1, 0.15) is 5.60 Å². The fourth-order valence-electron chi connectivity index (χ4n) is 2.61. The first-order valence-corrected chi connectivity index (χ1v) is 7.68. The molecule has 0 saturated heterocycles. The fraction of sp³-hybridized carbons (Fsp3) is 0.812. The van der Waals surface area contributed by atoms with Crippen LogP contribution in [0.2, 0.25) is 0 Å². The lowest BCUT2D eigenvalue weighted by Crippen LogP contribution is -2.50. The summed E-state index contributed by atoms with van der Waals surface area (Å²) in [4.78, 5) is 11.8. The predicted octanol–water partition coefficient (Wildman–Crippen LogP) is 3.38. The van der Waals surface area contributed by atoms with Gasteiger partial charge in [0.25, 0.3) is 0 Å². The van der Waals surface area contributed by atoms with Gasteiger partial charge in [-0.25, -0.2) is 4.79 Å². The number of hydrogen-bond donors (Lipinski definition) is 2. The van der Waals surface area contributed by atoms with Crippen molar-refractivity contribution in [2.24, 2.45) is 0 Å². The Labute approximate surface area is 123 Å². The number of hydrogen-bond acceptors (Lipinski definition) is 3. The van der Waals surface area contributed by atoms with Crippen molar-refractivity contribution >= 4 is 6.09 Å². The van der Waals surface area contributed by atoms with Crippen LogP contribution in [-0.2, 0) is 4.74 Å². The van der Waals surface area contributed by atoms with Gasteiger partial charge in [-0.3, -0.25) is 0 Å². The Morgan fingerprint density at radius 2 is 2.05 bits per heavy atom. The summed E-state index contributed by atoms with van der Waals surface area (Å²) in [6.45, 7) is 11.6. The van der Waals surface area contributed by atoms with Crippen LogP contribution in [0.5, 0.6) is 0 Å². The van der Waals surface area contributed by atoms with Crippen LogP contribution in [0.3, 0.4) is 0 Å². The fourth-order valence-corrected chi connectivity index (χ4v) is 2.61. The molecule has 1 aliphatic carbocycles. The SMILES string of the molecule is C=CCCC(C)NC1CCCC1NC(=O)OC(C)(C)C. The largest absolute Gasteiger partial charge is 0.444 e. The summed E-state index contributed by atoms with van der Waals surface area (Å²) in [6, 6.07) is 0.970. The average molecular weight is 282 g/mol. The summed E-state index contributed by atoms with van der Waals surface area (Å²) in [5.41, 5.74) is -0.442. The highest BCUT2D eigenvalue weighted by Crippen LogP contribution is 2.21. The standard InChI is InChI=1S/C16H30N2O2/c1-6-7-9-12(2)17-13-10-8-11-14(13)18-15(19)20-16(3,4)5/h6,12-14,17H,1,7-11H2,2-5H3,(H,18,19). The van der Waals surface area contributed by atoms with Gasteiger partial charge in [0, 0.05) is 18.1 Å². The second-order valence-corrected chi connectivity index (χ2v) is 6.72. The Bertz CT molecular complexity index is 323. The molecule has 0 aliphatic heterocycles. The highest BCUT2D eigenvalue weighted by atomic mass is 16.6. The maximum Gasteiger partial charge on any atom is 0.407 e. The number of amides is 1. The van der Waals surface area contributed by atoms with Crippen LogP contribution in [0.4, 0.5) is 4.79 Å². The normalized spacial score (nSPS) is 24.2. The van der Waals surface area contributed by atoms with E-state index >= 15 is 0 Å². The molecule has 3 unspecified atom stereocenters. The quantitative estimate of drug-likeness (QED) is 0.734. The third-order valence-corrected chi connectivity index (χ3v) is 3.52. The minimum absolute atomic E-state index is 0.177. The van der Waals surface area contributed by atoms with E-state index < -0.39 is 5.60 Å². The Balaban J connectivity index is 2.40. The van der Waals surface area contributed by atoms with E-state index in [-0.39, 0.29) is 12.1 Å². The van der Waals surface area contributed by atoms with Gasteiger partial charge in [-0.15, -0.1) is 6.58 Å². The van der Waals surface area contributed by atoms with Crippen LogP contribution in [0.25, 0.3) is 0 Å². The molecule has 0 aromatic heterocycles. The number of alkyl carbamates (subject to hydrolysis) is 1. The maximum absolute atomic E-state index is 11.8. The van der Waals surface area contributed by atoms with Crippen LogP contribution in [0.15, 0.2) is 12.7 Å². The van der Waals surface area contributed by atoms with Crippen molar-refractivity contribution in [1.82, 2.24) is 10.6 Å². The second-order valence-electron chi connectivity index (χ2n) is 6.72. The highest BCUT2D eigenvalue weighted by molar-refractivity contribution is 5.68. The molecule has 0 radical (unpaired) electrons. The van der Waals surface area contributed by atoms with Crippen molar-refractivity contribution in [3.8, 4) is 0 Å². The lowest BCUT2D eigenvalue weighted by Gasteiger charge is -2.27. The molecule has 0 spiro atoms. The van der Waals surface area contributed by atoms with Crippen LogP contribution in [0.1, 0.15) is 59.8 Å². The van der Waals surface area contributed by atoms with Crippen LogP contribution < -0.4 is 10.6 Å². The first kappa shape index (κ1) is 17.0. The van der Waals surface area contributed by atoms with Crippen LogP contribution in [0, 0.1) is 0 Å². The molecule has 20 heavy (non-hydrogen) atoms. The molecule has 1 saturated carbocycles. The van der Waals surface area contributed by atoms with E-state index in [2.05, 4.69) is 24.1 Å². The molecule has 116 valence electrons. The van der Waals surface area contributed by atoms with Gasteiger partial charge in [0.15, 0.2) is 0 Å². The summed E-state index contributed by atoms with van der Waals surface area (Å²) in [6.07, 6.45) is 7.01. The monoisotopic (exact) mass is 282 g/mol. The first-order chi connectivity index (χ1) is 9.31. The molecule has 2 N–H and O–H groups in total.